The van der Waals surface area contributed by atoms with Crippen LogP contribution in [0.4, 0.5) is 0 Å². The molecule has 2 unspecified atom stereocenters. The van der Waals surface area contributed by atoms with E-state index >= 15 is 0 Å². The van der Waals surface area contributed by atoms with Crippen molar-refractivity contribution >= 4 is 39.5 Å². The number of carbonyl (C=O) groups excluding carboxylic acids is 4. The lowest BCUT2D eigenvalue weighted by Gasteiger charge is -2.21. The third-order valence-corrected chi connectivity index (χ3v) is 18.8. The van der Waals surface area contributed by atoms with Crippen molar-refractivity contribution < 1.29 is 80.2 Å². The Bertz CT molecular complexity index is 2800. The van der Waals surface area contributed by atoms with Gasteiger partial charge in [0.05, 0.1) is 26.4 Å². The smallest absolute Gasteiger partial charge is 0.462 e. The van der Waals surface area contributed by atoms with Gasteiger partial charge in [0.15, 0.2) is 12.2 Å². The molecule has 0 bridgehead atoms. The van der Waals surface area contributed by atoms with Gasteiger partial charge < -0.3 is 33.8 Å². The van der Waals surface area contributed by atoms with E-state index in [1.54, 1.807) is 0 Å². The van der Waals surface area contributed by atoms with E-state index in [4.69, 9.17) is 37.0 Å². The molecule has 5 atom stereocenters. The van der Waals surface area contributed by atoms with Crippen molar-refractivity contribution in [2.45, 2.75) is 329 Å². The Labute approximate surface area is 666 Å². The number of carbonyl (C=O) groups is 4. The number of aliphatic hydroxyl groups is 1. The Morgan fingerprint density at radius 1 is 0.264 bits per heavy atom. The number of rotatable bonds is 77. The highest BCUT2D eigenvalue weighted by molar-refractivity contribution is 7.47. The van der Waals surface area contributed by atoms with Crippen LogP contribution in [-0.4, -0.2) is 96.7 Å². The molecule has 110 heavy (non-hydrogen) atoms. The highest BCUT2D eigenvalue weighted by atomic mass is 31.2. The Balaban J connectivity index is 5.53. The van der Waals surface area contributed by atoms with Crippen LogP contribution in [0.3, 0.4) is 0 Å². The average molecular weight is 1580 g/mol. The van der Waals surface area contributed by atoms with Crippen molar-refractivity contribution in [3.05, 3.63) is 182 Å². The second-order valence-electron chi connectivity index (χ2n) is 27.3. The molecule has 17 nitrogen and oxygen atoms in total. The van der Waals surface area contributed by atoms with E-state index < -0.39 is 97.5 Å². The summed E-state index contributed by atoms with van der Waals surface area (Å²) < 4.78 is 68.6. The number of aliphatic hydroxyl groups excluding tert-OH is 1. The first-order chi connectivity index (χ1) is 53.7. The molecule has 0 aromatic rings. The van der Waals surface area contributed by atoms with Gasteiger partial charge in [-0.05, 0) is 154 Å². The minimum atomic E-state index is -5.01. The number of ether oxygens (including phenoxy) is 4. The van der Waals surface area contributed by atoms with Crippen LogP contribution in [0.1, 0.15) is 310 Å². The van der Waals surface area contributed by atoms with Gasteiger partial charge in [-0.25, -0.2) is 9.13 Å². The molecule has 0 aliphatic heterocycles. The number of phosphoric ester groups is 2. The van der Waals surface area contributed by atoms with Crippen LogP contribution < -0.4 is 0 Å². The van der Waals surface area contributed by atoms with Crippen molar-refractivity contribution in [2.24, 2.45) is 0 Å². The summed E-state index contributed by atoms with van der Waals surface area (Å²) in [6, 6.07) is 0. The quantitative estimate of drug-likeness (QED) is 0.0169. The van der Waals surface area contributed by atoms with Gasteiger partial charge in [0, 0.05) is 25.7 Å². The van der Waals surface area contributed by atoms with Crippen LogP contribution in [0.15, 0.2) is 182 Å². The van der Waals surface area contributed by atoms with Gasteiger partial charge in [-0.3, -0.25) is 37.3 Å². The second-order valence-corrected chi connectivity index (χ2v) is 30.2. The van der Waals surface area contributed by atoms with Crippen molar-refractivity contribution in [3.63, 3.8) is 0 Å². The first kappa shape index (κ1) is 104. The monoisotopic (exact) mass is 1580 g/mol. The second kappa shape index (κ2) is 81.2. The molecule has 0 amide bonds. The maximum Gasteiger partial charge on any atom is 0.472 e. The lowest BCUT2D eigenvalue weighted by atomic mass is 10.0. The van der Waals surface area contributed by atoms with Gasteiger partial charge in [0.1, 0.15) is 19.3 Å². The van der Waals surface area contributed by atoms with Gasteiger partial charge >= 0.3 is 39.5 Å². The molecular formula is C91H148O17P2. The summed E-state index contributed by atoms with van der Waals surface area (Å²) in [5.74, 6) is -2.35. The average Bonchev–Trinajstić information content (AvgIpc) is 0.906. The molecule has 0 aliphatic carbocycles. The highest BCUT2D eigenvalue weighted by Crippen LogP contribution is 2.45. The van der Waals surface area contributed by atoms with Crippen LogP contribution in [-0.2, 0) is 65.4 Å². The Hall–Kier alpha value is -5.84. The number of hydrogen-bond acceptors (Lipinski definition) is 15. The van der Waals surface area contributed by atoms with Crippen LogP contribution in [0.5, 0.6) is 0 Å². The molecule has 0 aliphatic rings. The largest absolute Gasteiger partial charge is 0.472 e. The molecule has 0 saturated heterocycles. The Morgan fingerprint density at radius 2 is 0.491 bits per heavy atom. The molecular weight excluding hydrogens is 1430 g/mol. The van der Waals surface area contributed by atoms with Crippen molar-refractivity contribution in [2.75, 3.05) is 39.6 Å². The summed E-state index contributed by atoms with van der Waals surface area (Å²) in [7, 11) is -10.0. The molecule has 0 saturated carbocycles. The van der Waals surface area contributed by atoms with E-state index in [-0.39, 0.29) is 25.7 Å². The molecule has 0 heterocycles. The third kappa shape index (κ3) is 80.2. The maximum absolute atomic E-state index is 13.1. The van der Waals surface area contributed by atoms with E-state index in [9.17, 15) is 43.2 Å². The SMILES string of the molecule is CC/C=C\C/C=C\C/C=C\C/C=C\C/C=C\CCCCCC(=O)OC[C@H](COP(=O)(O)OC[C@@H](O)COP(=O)(O)OC[C@@H](COC(=O)CCCCCCCCCCCCCCC)OC(=O)CC/C=C\C/C=C\C/C=C\C/C=C\C/C=C\CCCCC)OC(=O)CCCCC/C=C\C/C=C\C/C=C\C/C=C\C/C=C\CC. The van der Waals surface area contributed by atoms with E-state index in [0.29, 0.717) is 32.1 Å². The maximum atomic E-state index is 13.1. The summed E-state index contributed by atoms with van der Waals surface area (Å²) in [4.78, 5) is 73.2. The van der Waals surface area contributed by atoms with Crippen LogP contribution >= 0.6 is 15.6 Å². The fraction of sp³-hybridized carbons (Fsp3) is 0.626. The molecule has 0 aromatic carbocycles. The molecule has 0 radical (unpaired) electrons. The fourth-order valence-corrected chi connectivity index (χ4v) is 12.1. The summed E-state index contributed by atoms with van der Waals surface area (Å²) in [6.07, 6.45) is 98.8. The zero-order chi connectivity index (χ0) is 80.3. The minimum absolute atomic E-state index is 0.0338. The molecule has 3 N–H and O–H groups in total. The topological polar surface area (TPSA) is 237 Å². The number of unbranched alkanes of at least 4 members (excludes halogenated alkanes) is 21. The summed E-state index contributed by atoms with van der Waals surface area (Å²) in [6.45, 7) is 4.46. The Morgan fingerprint density at radius 3 is 0.800 bits per heavy atom. The normalized spacial score (nSPS) is 14.7. The van der Waals surface area contributed by atoms with E-state index in [1.807, 2.05) is 18.2 Å². The molecule has 0 fully saturated rings. The number of phosphoric acid groups is 2. The van der Waals surface area contributed by atoms with Gasteiger partial charge in [-0.1, -0.05) is 313 Å². The fourth-order valence-electron chi connectivity index (χ4n) is 10.5. The van der Waals surface area contributed by atoms with Gasteiger partial charge in [0.25, 0.3) is 0 Å². The zero-order valence-corrected chi connectivity index (χ0v) is 70.1. The predicted molar refractivity (Wildman–Crippen MR) is 454 cm³/mol. The van der Waals surface area contributed by atoms with Crippen LogP contribution in [0.25, 0.3) is 0 Å². The van der Waals surface area contributed by atoms with Crippen LogP contribution in [0, 0.1) is 0 Å². The van der Waals surface area contributed by atoms with E-state index in [1.165, 1.54) is 70.6 Å². The Kier molecular flexibility index (Phi) is 76.9. The summed E-state index contributed by atoms with van der Waals surface area (Å²) >= 11 is 0. The zero-order valence-electron chi connectivity index (χ0n) is 68.4. The summed E-state index contributed by atoms with van der Waals surface area (Å²) in [5.41, 5.74) is 0. The number of allylic oxidation sites excluding steroid dienone is 30. The standard InChI is InChI=1S/C91H148O17P2/c1-5-9-13-17-21-25-29-33-36-39-42-45-48-52-56-60-64-68-72-76-89(94)102-82-87(108-91(96)78-74-70-66-62-58-54-50-47-44-41-38-35-31-27-23-19-15-11-7-3)84-106-110(99,100)104-80-85(92)79-103-109(97,98)105-83-86(81-101-88(93)75-71-67-63-59-55-51-32-28-24-20-16-12-8-4)107-90(95)77-73-69-65-61-57-53-49-46-43-40-37-34-30-26-22-18-14-10-6-2/h9,11,13,15,21-23,25-27,33-38,42-47,52-54,56-58,65,69,85-87,92H,5-8,10,12,14,16-20,24,28-32,39-41,48-51,55,59-64,66-68,70-84H2,1-4H3,(H,97,98)(H,99,100)/b13-9-,15-11-,25-21-,26-22-,27-23-,36-33-,37-34-,38-35-,45-42-,46-43-,47-44-,56-52-,57-53-,58-54-,69-65-/t85-,86+,87+/m0/s1. The third-order valence-electron chi connectivity index (χ3n) is 16.9. The first-order valence-corrected chi connectivity index (χ1v) is 45.0. The minimum Gasteiger partial charge on any atom is -0.462 e. The van der Waals surface area contributed by atoms with E-state index in [0.717, 1.165) is 154 Å². The number of esters is 4. The molecule has 19 heteroatoms. The van der Waals surface area contributed by atoms with E-state index in [2.05, 4.69) is 192 Å². The number of hydrogen-bond donors (Lipinski definition) is 3. The van der Waals surface area contributed by atoms with Crippen molar-refractivity contribution in [1.82, 2.24) is 0 Å². The van der Waals surface area contributed by atoms with Gasteiger partial charge in [-0.2, -0.15) is 0 Å². The first-order valence-electron chi connectivity index (χ1n) is 42.0. The molecule has 0 aromatic heterocycles. The predicted octanol–water partition coefficient (Wildman–Crippen LogP) is 25.1. The summed E-state index contributed by atoms with van der Waals surface area (Å²) in [5, 5.41) is 10.7. The van der Waals surface area contributed by atoms with Gasteiger partial charge in [-0.15, -0.1) is 0 Å². The lowest BCUT2D eigenvalue weighted by Crippen LogP contribution is -2.30. The van der Waals surface area contributed by atoms with Gasteiger partial charge in [0.2, 0.25) is 0 Å². The van der Waals surface area contributed by atoms with Crippen molar-refractivity contribution in [3.8, 4) is 0 Å². The molecule has 0 rings (SSSR count). The van der Waals surface area contributed by atoms with Crippen molar-refractivity contribution in [1.29, 1.82) is 0 Å². The molecule has 0 spiro atoms. The highest BCUT2D eigenvalue weighted by Gasteiger charge is 2.30. The lowest BCUT2D eigenvalue weighted by molar-refractivity contribution is -0.161. The molecule has 624 valence electrons. The van der Waals surface area contributed by atoms with Crippen LogP contribution in [0.2, 0.25) is 0 Å².